The molecule has 1 fully saturated rings. The molecule has 2 aliphatic rings. The Morgan fingerprint density at radius 3 is 2.61 bits per heavy atom. The third-order valence-corrected chi connectivity index (χ3v) is 7.41. The molecule has 1 aromatic carbocycles. The second-order valence-electron chi connectivity index (χ2n) is 9.38. The molecule has 7 nitrogen and oxygen atoms in total. The number of fused-ring (bicyclic) bond motifs is 2. The molecule has 1 amide bonds. The van der Waals surface area contributed by atoms with Gasteiger partial charge in [0.15, 0.2) is 0 Å². The Kier molecular flexibility index (Phi) is 8.15. The predicted molar refractivity (Wildman–Crippen MR) is 131 cm³/mol. The molecule has 0 saturated carbocycles. The highest BCUT2D eigenvalue weighted by Gasteiger charge is 2.27. The Balaban J connectivity index is 1.53. The van der Waals surface area contributed by atoms with Crippen LogP contribution in [0.5, 0.6) is 0 Å². The number of benzene rings is 1. The maximum atomic E-state index is 13.1. The first-order chi connectivity index (χ1) is 16.1. The summed E-state index contributed by atoms with van der Waals surface area (Å²) in [6.07, 6.45) is 7.39. The van der Waals surface area contributed by atoms with Crippen LogP contribution in [0.3, 0.4) is 0 Å². The minimum absolute atomic E-state index is 0.0185. The van der Waals surface area contributed by atoms with Crippen molar-refractivity contribution in [2.75, 3.05) is 32.8 Å². The van der Waals surface area contributed by atoms with E-state index >= 15 is 0 Å². The molecule has 3 heterocycles. The van der Waals surface area contributed by atoms with Crippen molar-refractivity contribution in [3.05, 3.63) is 39.9 Å². The molecule has 180 valence electrons. The van der Waals surface area contributed by atoms with Crippen molar-refractivity contribution in [2.45, 2.75) is 71.4 Å². The first-order valence-electron chi connectivity index (χ1n) is 12.8. The van der Waals surface area contributed by atoms with Crippen LogP contribution in [-0.2, 0) is 17.7 Å². The van der Waals surface area contributed by atoms with Gasteiger partial charge in [-0.2, -0.15) is 0 Å². The summed E-state index contributed by atoms with van der Waals surface area (Å²) in [5.74, 6) is 1.28. The Morgan fingerprint density at radius 2 is 1.85 bits per heavy atom. The third-order valence-electron chi connectivity index (χ3n) is 7.41. The predicted octanol–water partition coefficient (Wildman–Crippen LogP) is 3.38. The molecule has 2 aliphatic heterocycles. The molecule has 0 aliphatic carbocycles. The van der Waals surface area contributed by atoms with E-state index in [-0.39, 0.29) is 11.5 Å². The fraction of sp³-hybridized carbons (Fsp3) is 0.654. The number of aryl methyl sites for hydroxylation is 1. The van der Waals surface area contributed by atoms with Gasteiger partial charge in [0, 0.05) is 44.2 Å². The lowest BCUT2D eigenvalue weighted by atomic mass is 9.92. The molecule has 1 aromatic heterocycles. The van der Waals surface area contributed by atoms with Crippen molar-refractivity contribution < 1.29 is 9.53 Å². The van der Waals surface area contributed by atoms with Gasteiger partial charge >= 0.3 is 0 Å². The highest BCUT2D eigenvalue weighted by atomic mass is 16.5. The van der Waals surface area contributed by atoms with Gasteiger partial charge in [0.25, 0.3) is 11.5 Å². The van der Waals surface area contributed by atoms with Crippen molar-refractivity contribution in [3.8, 4) is 0 Å². The first-order valence-corrected chi connectivity index (χ1v) is 12.8. The molecule has 0 spiro atoms. The van der Waals surface area contributed by atoms with Crippen molar-refractivity contribution in [2.24, 2.45) is 5.92 Å². The van der Waals surface area contributed by atoms with Crippen LogP contribution in [0.4, 0.5) is 0 Å². The van der Waals surface area contributed by atoms with Crippen LogP contribution >= 0.6 is 0 Å². The lowest BCUT2D eigenvalue weighted by Crippen LogP contribution is -2.52. The van der Waals surface area contributed by atoms with Crippen LogP contribution in [0.1, 0.15) is 68.6 Å². The van der Waals surface area contributed by atoms with Gasteiger partial charge in [0.2, 0.25) is 0 Å². The smallest absolute Gasteiger partial charge is 0.261 e. The molecule has 7 heteroatoms. The van der Waals surface area contributed by atoms with Gasteiger partial charge in [-0.05, 0) is 37.0 Å². The number of nitrogens with zero attached hydrogens (tertiary/aromatic N) is 3. The Labute approximate surface area is 196 Å². The molecule has 0 bridgehead atoms. The minimum atomic E-state index is -0.102. The quantitative estimate of drug-likeness (QED) is 0.694. The van der Waals surface area contributed by atoms with Crippen molar-refractivity contribution >= 4 is 16.8 Å². The summed E-state index contributed by atoms with van der Waals surface area (Å²) in [4.78, 5) is 33.4. The van der Waals surface area contributed by atoms with E-state index in [1.165, 1.54) is 6.42 Å². The van der Waals surface area contributed by atoms with Gasteiger partial charge < -0.3 is 10.1 Å². The molecular formula is C26H38N4O3. The number of ether oxygens (including phenoxy) is 1. The van der Waals surface area contributed by atoms with Crippen LogP contribution in [-0.4, -0.2) is 59.2 Å². The minimum Gasteiger partial charge on any atom is -0.379 e. The lowest BCUT2D eigenvalue weighted by molar-refractivity contribution is 0.00191. The van der Waals surface area contributed by atoms with Gasteiger partial charge in [-0.3, -0.25) is 19.1 Å². The highest BCUT2D eigenvalue weighted by molar-refractivity contribution is 5.97. The van der Waals surface area contributed by atoms with Crippen LogP contribution in [0.15, 0.2) is 23.0 Å². The maximum absolute atomic E-state index is 13.1. The molecule has 4 rings (SSSR count). The molecule has 0 radical (unpaired) electrons. The summed E-state index contributed by atoms with van der Waals surface area (Å²) >= 11 is 0. The standard InChI is InChI=1S/C26H38N4O3/c1-3-19(4-2)23(29-13-15-33-16-14-29)18-27-25(31)20-10-11-21-22(17-20)28-24-9-7-5-6-8-12-30(24)26(21)32/h10-11,17,19,23H,3-9,12-16,18H2,1-2H3,(H,27,31). The van der Waals surface area contributed by atoms with Crippen LogP contribution in [0.25, 0.3) is 10.9 Å². The van der Waals surface area contributed by atoms with Gasteiger partial charge in [-0.15, -0.1) is 0 Å². The lowest BCUT2D eigenvalue weighted by Gasteiger charge is -2.38. The second kappa shape index (κ2) is 11.3. The van der Waals surface area contributed by atoms with Crippen molar-refractivity contribution in [3.63, 3.8) is 0 Å². The number of hydrogen-bond donors (Lipinski definition) is 1. The summed E-state index contributed by atoms with van der Waals surface area (Å²) in [6, 6.07) is 5.62. The number of rotatable bonds is 7. The summed E-state index contributed by atoms with van der Waals surface area (Å²) in [5, 5.41) is 3.77. The number of nitrogens with one attached hydrogen (secondary N) is 1. The van der Waals surface area contributed by atoms with Gasteiger partial charge in [-0.25, -0.2) is 4.98 Å². The normalized spacial score (nSPS) is 18.5. The number of hydrogen-bond acceptors (Lipinski definition) is 5. The average molecular weight is 455 g/mol. The number of aromatic nitrogens is 2. The fourth-order valence-electron chi connectivity index (χ4n) is 5.37. The van der Waals surface area contributed by atoms with Crippen molar-refractivity contribution in [1.29, 1.82) is 0 Å². The number of carbonyl (C=O) groups excluding carboxylic acids is 1. The topological polar surface area (TPSA) is 76.5 Å². The Hall–Kier alpha value is -2.25. The summed E-state index contributed by atoms with van der Waals surface area (Å²) < 4.78 is 7.37. The Morgan fingerprint density at radius 1 is 1.09 bits per heavy atom. The summed E-state index contributed by atoms with van der Waals surface area (Å²) in [7, 11) is 0. The van der Waals surface area contributed by atoms with Gasteiger partial charge in [0.05, 0.1) is 24.1 Å². The molecule has 33 heavy (non-hydrogen) atoms. The zero-order valence-electron chi connectivity index (χ0n) is 20.1. The third kappa shape index (κ3) is 5.46. The molecule has 1 unspecified atom stereocenters. The zero-order valence-corrected chi connectivity index (χ0v) is 20.1. The monoisotopic (exact) mass is 454 g/mol. The van der Waals surface area contributed by atoms with E-state index in [0.717, 1.165) is 77.2 Å². The average Bonchev–Trinajstić information content (AvgIpc) is 2.83. The van der Waals surface area contributed by atoms with Gasteiger partial charge in [0.1, 0.15) is 5.82 Å². The van der Waals surface area contributed by atoms with Crippen molar-refractivity contribution in [1.82, 2.24) is 19.8 Å². The zero-order chi connectivity index (χ0) is 23.2. The second-order valence-corrected chi connectivity index (χ2v) is 9.38. The molecular weight excluding hydrogens is 416 g/mol. The van der Waals surface area contributed by atoms with Crippen LogP contribution in [0.2, 0.25) is 0 Å². The van der Waals surface area contributed by atoms with Crippen LogP contribution in [0, 0.1) is 5.92 Å². The molecule has 2 aromatic rings. The largest absolute Gasteiger partial charge is 0.379 e. The number of amides is 1. The van der Waals surface area contributed by atoms with Gasteiger partial charge in [-0.1, -0.05) is 39.5 Å². The molecule has 1 N–H and O–H groups in total. The highest BCUT2D eigenvalue weighted by Crippen LogP contribution is 2.20. The molecule has 1 atom stereocenters. The van der Waals surface area contributed by atoms with E-state index < -0.39 is 0 Å². The van der Waals surface area contributed by atoms with E-state index in [1.807, 2.05) is 4.57 Å². The number of carbonyl (C=O) groups is 1. The summed E-state index contributed by atoms with van der Waals surface area (Å²) in [6.45, 7) is 9.12. The Bertz CT molecular complexity index is 1010. The fourth-order valence-corrected chi connectivity index (χ4v) is 5.37. The maximum Gasteiger partial charge on any atom is 0.261 e. The van der Waals surface area contributed by atoms with E-state index in [2.05, 4.69) is 24.1 Å². The van der Waals surface area contributed by atoms with Crippen LogP contribution < -0.4 is 10.9 Å². The number of morpholine rings is 1. The summed E-state index contributed by atoms with van der Waals surface area (Å²) in [5.41, 5.74) is 1.21. The SMILES string of the molecule is CCC(CC)C(CNC(=O)c1ccc2c(=O)n3c(nc2c1)CCCCCC3)N1CCOCC1. The first kappa shape index (κ1) is 23.9. The van der Waals surface area contributed by atoms with E-state index in [1.54, 1.807) is 18.2 Å². The van der Waals surface area contributed by atoms with E-state index in [0.29, 0.717) is 35.0 Å². The van der Waals surface area contributed by atoms with E-state index in [9.17, 15) is 9.59 Å². The molecule has 1 saturated heterocycles. The van der Waals surface area contributed by atoms with E-state index in [4.69, 9.17) is 9.72 Å².